The molecular weight excluding hydrogens is 234 g/mol. The van der Waals surface area contributed by atoms with E-state index in [-0.39, 0.29) is 23.7 Å². The average molecular weight is 245 g/mol. The number of hydrogen-bond donors (Lipinski definition) is 1. The smallest absolute Gasteiger partial charge is 0.316 e. The lowest BCUT2D eigenvalue weighted by atomic mass is 9.93. The molecule has 2 heterocycles. The summed E-state index contributed by atoms with van der Waals surface area (Å²) in [5, 5.41) is 6.54. The Morgan fingerprint density at radius 3 is 2.94 bits per heavy atom. The van der Waals surface area contributed by atoms with Crippen LogP contribution in [0.1, 0.15) is 29.9 Å². The van der Waals surface area contributed by atoms with Gasteiger partial charge in [0.15, 0.2) is 0 Å². The van der Waals surface area contributed by atoms with Crippen LogP contribution in [0.5, 0.6) is 0 Å². The van der Waals surface area contributed by atoms with Gasteiger partial charge < -0.3 is 9.84 Å². The zero-order valence-corrected chi connectivity index (χ0v) is 9.54. The zero-order chi connectivity index (χ0) is 12.4. The third-order valence-corrected chi connectivity index (χ3v) is 2.85. The fourth-order valence-corrected chi connectivity index (χ4v) is 1.63. The van der Waals surface area contributed by atoms with Crippen LogP contribution in [-0.4, -0.2) is 32.1 Å². The number of nitrogens with one attached hydrogen (secondary N) is 1. The molecule has 7 heteroatoms. The zero-order valence-electron chi connectivity index (χ0n) is 9.54. The van der Waals surface area contributed by atoms with Gasteiger partial charge in [-0.2, -0.15) is 4.98 Å². The van der Waals surface area contributed by atoms with E-state index in [0.717, 1.165) is 19.3 Å². The number of rotatable bonds is 3. The maximum Gasteiger partial charge on any atom is 0.316 e. The van der Waals surface area contributed by atoms with Crippen molar-refractivity contribution in [3.8, 4) is 11.5 Å². The predicted octanol–water partition coefficient (Wildman–Crippen LogP) is 0.809. The molecule has 1 fully saturated rings. The van der Waals surface area contributed by atoms with Crippen LogP contribution in [0, 0.1) is 0 Å². The Bertz CT molecular complexity index is 550. The molecule has 2 aromatic heterocycles. The monoisotopic (exact) mass is 245 g/mol. The van der Waals surface area contributed by atoms with E-state index in [1.165, 1.54) is 12.4 Å². The van der Waals surface area contributed by atoms with E-state index in [1.807, 2.05) is 0 Å². The Morgan fingerprint density at radius 1 is 1.39 bits per heavy atom. The number of aromatic nitrogens is 4. The lowest BCUT2D eigenvalue weighted by Crippen LogP contribution is -2.39. The highest BCUT2D eigenvalue weighted by atomic mass is 16.5. The van der Waals surface area contributed by atoms with Gasteiger partial charge >= 0.3 is 11.8 Å². The average Bonchev–Trinajstić information content (AvgIpc) is 2.84. The summed E-state index contributed by atoms with van der Waals surface area (Å²) >= 11 is 0. The van der Waals surface area contributed by atoms with Gasteiger partial charge in [0.1, 0.15) is 5.69 Å². The first-order valence-electron chi connectivity index (χ1n) is 5.74. The molecule has 92 valence electrons. The molecule has 1 amide bonds. The highest BCUT2D eigenvalue weighted by Crippen LogP contribution is 2.18. The number of amides is 1. The molecular formula is C11H11N5O2. The van der Waals surface area contributed by atoms with Crippen LogP contribution in [0.2, 0.25) is 0 Å². The van der Waals surface area contributed by atoms with Crippen LogP contribution in [0.4, 0.5) is 0 Å². The van der Waals surface area contributed by atoms with Crippen molar-refractivity contribution in [1.29, 1.82) is 0 Å². The van der Waals surface area contributed by atoms with Crippen LogP contribution in [0.3, 0.4) is 0 Å². The van der Waals surface area contributed by atoms with E-state index in [0.29, 0.717) is 5.69 Å². The van der Waals surface area contributed by atoms with Crippen molar-refractivity contribution in [3.63, 3.8) is 0 Å². The highest BCUT2D eigenvalue weighted by Gasteiger charge is 2.23. The molecule has 1 saturated carbocycles. The molecule has 0 atom stereocenters. The summed E-state index contributed by atoms with van der Waals surface area (Å²) in [6, 6.07) is 0.240. The molecule has 3 rings (SSSR count). The maximum absolute atomic E-state index is 11.7. The lowest BCUT2D eigenvalue weighted by Gasteiger charge is -2.25. The van der Waals surface area contributed by atoms with Crippen molar-refractivity contribution in [1.82, 2.24) is 25.4 Å². The summed E-state index contributed by atoms with van der Waals surface area (Å²) < 4.78 is 4.91. The van der Waals surface area contributed by atoms with Gasteiger partial charge in [0.25, 0.3) is 0 Å². The van der Waals surface area contributed by atoms with Crippen molar-refractivity contribution in [3.05, 3.63) is 24.5 Å². The van der Waals surface area contributed by atoms with E-state index in [9.17, 15) is 4.79 Å². The van der Waals surface area contributed by atoms with Crippen LogP contribution < -0.4 is 5.32 Å². The normalized spacial score (nSPS) is 15.1. The number of carbonyl (C=O) groups excluding carboxylic acids is 1. The SMILES string of the molecule is O=C(NC1CCC1)c1nc(-c2cnccn2)no1. The van der Waals surface area contributed by atoms with Gasteiger partial charge in [0.05, 0.1) is 6.20 Å². The third kappa shape index (κ3) is 2.06. The van der Waals surface area contributed by atoms with Gasteiger partial charge in [-0.25, -0.2) is 4.98 Å². The Morgan fingerprint density at radius 2 is 2.28 bits per heavy atom. The van der Waals surface area contributed by atoms with E-state index < -0.39 is 0 Å². The number of hydrogen-bond acceptors (Lipinski definition) is 6. The molecule has 1 aliphatic carbocycles. The largest absolute Gasteiger partial charge is 0.345 e. The number of nitrogens with zero attached hydrogens (tertiary/aromatic N) is 4. The first kappa shape index (κ1) is 10.8. The van der Waals surface area contributed by atoms with Gasteiger partial charge in [-0.15, -0.1) is 0 Å². The summed E-state index contributed by atoms with van der Waals surface area (Å²) in [6.45, 7) is 0. The third-order valence-electron chi connectivity index (χ3n) is 2.85. The molecule has 1 aliphatic rings. The minimum absolute atomic E-state index is 0.0393. The fraction of sp³-hybridized carbons (Fsp3) is 0.364. The topological polar surface area (TPSA) is 93.8 Å². The molecule has 0 radical (unpaired) electrons. The summed E-state index contributed by atoms with van der Waals surface area (Å²) in [5.74, 6) is -0.105. The molecule has 0 bridgehead atoms. The van der Waals surface area contributed by atoms with Gasteiger partial charge in [-0.1, -0.05) is 5.16 Å². The van der Waals surface area contributed by atoms with Crippen molar-refractivity contribution >= 4 is 5.91 Å². The van der Waals surface area contributed by atoms with Crippen LogP contribution in [-0.2, 0) is 0 Å². The van der Waals surface area contributed by atoms with Crippen LogP contribution in [0.15, 0.2) is 23.1 Å². The molecule has 0 aromatic carbocycles. The Kier molecular flexibility index (Phi) is 2.71. The highest BCUT2D eigenvalue weighted by molar-refractivity contribution is 5.90. The minimum Gasteiger partial charge on any atom is -0.345 e. The number of carbonyl (C=O) groups is 1. The van der Waals surface area contributed by atoms with Crippen molar-refractivity contribution < 1.29 is 9.32 Å². The predicted molar refractivity (Wildman–Crippen MR) is 60.4 cm³/mol. The Labute approximate surface area is 103 Å². The first-order chi connectivity index (χ1) is 8.83. The van der Waals surface area contributed by atoms with Crippen LogP contribution >= 0.6 is 0 Å². The van der Waals surface area contributed by atoms with E-state index in [1.54, 1.807) is 6.20 Å². The van der Waals surface area contributed by atoms with Gasteiger partial charge in [-0.3, -0.25) is 9.78 Å². The second-order valence-corrected chi connectivity index (χ2v) is 4.12. The first-order valence-corrected chi connectivity index (χ1v) is 5.74. The summed E-state index contributed by atoms with van der Waals surface area (Å²) in [5.41, 5.74) is 0.476. The Balaban J connectivity index is 1.74. The summed E-state index contributed by atoms with van der Waals surface area (Å²) in [7, 11) is 0. The van der Waals surface area contributed by atoms with Crippen molar-refractivity contribution in [2.45, 2.75) is 25.3 Å². The molecule has 7 nitrogen and oxygen atoms in total. The molecule has 1 N–H and O–H groups in total. The molecule has 0 unspecified atom stereocenters. The minimum atomic E-state index is -0.331. The molecule has 0 aliphatic heterocycles. The summed E-state index contributed by atoms with van der Waals surface area (Å²) in [4.78, 5) is 23.7. The van der Waals surface area contributed by atoms with E-state index in [4.69, 9.17) is 4.52 Å². The lowest BCUT2D eigenvalue weighted by molar-refractivity contribution is 0.0872. The van der Waals surface area contributed by atoms with Gasteiger partial charge in [0, 0.05) is 18.4 Å². The molecule has 18 heavy (non-hydrogen) atoms. The standard InChI is InChI=1S/C11H11N5O2/c17-10(14-7-2-1-3-7)11-15-9(16-18-11)8-6-12-4-5-13-8/h4-7H,1-3H2,(H,14,17). The molecule has 0 saturated heterocycles. The van der Waals surface area contributed by atoms with Gasteiger partial charge in [0.2, 0.25) is 5.82 Å². The van der Waals surface area contributed by atoms with E-state index in [2.05, 4.69) is 25.4 Å². The second kappa shape index (κ2) is 4.52. The maximum atomic E-state index is 11.7. The van der Waals surface area contributed by atoms with Gasteiger partial charge in [-0.05, 0) is 19.3 Å². The molecule has 0 spiro atoms. The fourth-order valence-electron chi connectivity index (χ4n) is 1.63. The van der Waals surface area contributed by atoms with Crippen LogP contribution in [0.25, 0.3) is 11.5 Å². The van der Waals surface area contributed by atoms with E-state index >= 15 is 0 Å². The van der Waals surface area contributed by atoms with Crippen molar-refractivity contribution in [2.24, 2.45) is 0 Å². The second-order valence-electron chi connectivity index (χ2n) is 4.12. The molecule has 2 aromatic rings. The Hall–Kier alpha value is -2.31. The quantitative estimate of drug-likeness (QED) is 0.859. The van der Waals surface area contributed by atoms with Crippen molar-refractivity contribution in [2.75, 3.05) is 0 Å². The summed E-state index contributed by atoms with van der Waals surface area (Å²) in [6.07, 6.45) is 7.76.